The molecule has 1 N–H and O–H groups in total. The number of aliphatic hydroxyl groups is 1. The maximum Gasteiger partial charge on any atom is 0.308 e. The van der Waals surface area contributed by atoms with Gasteiger partial charge in [-0.2, -0.15) is 11.8 Å². The van der Waals surface area contributed by atoms with Crippen molar-refractivity contribution in [1.82, 2.24) is 0 Å². The number of hydrogen-bond donors (Lipinski definition) is 1. The number of carbonyl (C=O) groups excluding carboxylic acids is 1. The lowest BCUT2D eigenvalue weighted by Crippen LogP contribution is -2.34. The molecule has 3 nitrogen and oxygen atoms in total. The molecule has 1 heterocycles. The van der Waals surface area contributed by atoms with E-state index in [1.165, 1.54) is 7.11 Å². The van der Waals surface area contributed by atoms with Gasteiger partial charge in [0.05, 0.1) is 19.6 Å². The normalized spacial score (nSPS) is 27.3. The van der Waals surface area contributed by atoms with Crippen LogP contribution in [0.25, 0.3) is 0 Å². The van der Waals surface area contributed by atoms with Crippen molar-refractivity contribution in [3.05, 3.63) is 0 Å². The van der Waals surface area contributed by atoms with Crippen LogP contribution in [0.3, 0.4) is 0 Å². The van der Waals surface area contributed by atoms with E-state index in [0.717, 1.165) is 12.2 Å². The van der Waals surface area contributed by atoms with Crippen molar-refractivity contribution < 1.29 is 14.6 Å². The number of ether oxygens (including phenoxy) is 1. The lowest BCUT2D eigenvalue weighted by Gasteiger charge is -2.29. The Morgan fingerprint density at radius 2 is 2.36 bits per heavy atom. The fraction of sp³-hybridized carbons (Fsp3) is 0.900. The average molecular weight is 218 g/mol. The number of thioether (sulfide) groups is 1. The zero-order chi connectivity index (χ0) is 10.8. The van der Waals surface area contributed by atoms with Crippen LogP contribution in [-0.2, 0) is 9.53 Å². The summed E-state index contributed by atoms with van der Waals surface area (Å²) in [7, 11) is 1.35. The van der Waals surface area contributed by atoms with Crippen molar-refractivity contribution in [2.45, 2.75) is 37.5 Å². The van der Waals surface area contributed by atoms with Gasteiger partial charge in [-0.15, -0.1) is 0 Å². The van der Waals surface area contributed by atoms with E-state index in [1.807, 2.05) is 11.8 Å². The molecule has 0 aromatic carbocycles. The number of rotatable bonds is 3. The Balaban J connectivity index is 2.52. The minimum Gasteiger partial charge on any atom is -0.469 e. The summed E-state index contributed by atoms with van der Waals surface area (Å²) >= 11 is 1.86. The van der Waals surface area contributed by atoms with Crippen LogP contribution in [-0.4, -0.2) is 34.8 Å². The van der Waals surface area contributed by atoms with Crippen LogP contribution in [0, 0.1) is 5.92 Å². The summed E-state index contributed by atoms with van der Waals surface area (Å²) in [5.74, 6) is 0.937. The molecule has 1 fully saturated rings. The second-order valence-electron chi connectivity index (χ2n) is 4.19. The van der Waals surface area contributed by atoms with E-state index in [9.17, 15) is 9.90 Å². The average Bonchev–Trinajstić information content (AvgIpc) is 2.45. The molecule has 0 amide bonds. The Kier molecular flexibility index (Phi) is 3.84. The molecular formula is C10H18O3S. The highest BCUT2D eigenvalue weighted by molar-refractivity contribution is 8.00. The third kappa shape index (κ3) is 2.64. The van der Waals surface area contributed by atoms with E-state index in [0.29, 0.717) is 0 Å². The van der Waals surface area contributed by atoms with Gasteiger partial charge >= 0.3 is 5.97 Å². The number of carbonyl (C=O) groups is 1. The van der Waals surface area contributed by atoms with Crippen molar-refractivity contribution >= 4 is 17.7 Å². The number of esters is 1. The molecule has 2 unspecified atom stereocenters. The Morgan fingerprint density at radius 1 is 1.71 bits per heavy atom. The fourth-order valence-electron chi connectivity index (χ4n) is 1.96. The van der Waals surface area contributed by atoms with E-state index in [-0.39, 0.29) is 23.1 Å². The third-order valence-electron chi connectivity index (χ3n) is 2.86. The quantitative estimate of drug-likeness (QED) is 0.728. The van der Waals surface area contributed by atoms with Crippen molar-refractivity contribution in [1.29, 1.82) is 0 Å². The molecule has 1 saturated heterocycles. The van der Waals surface area contributed by atoms with Crippen LogP contribution in [0.1, 0.15) is 26.7 Å². The van der Waals surface area contributed by atoms with E-state index in [1.54, 1.807) is 0 Å². The summed E-state index contributed by atoms with van der Waals surface area (Å²) in [4.78, 5) is 11.0. The molecule has 1 rings (SSSR count). The maximum atomic E-state index is 11.0. The van der Waals surface area contributed by atoms with Crippen LogP contribution in [0.5, 0.6) is 0 Å². The first-order valence-corrected chi connectivity index (χ1v) is 5.85. The summed E-state index contributed by atoms with van der Waals surface area (Å²) in [5, 5.41) is 9.87. The Hall–Kier alpha value is -0.220. The van der Waals surface area contributed by atoms with Gasteiger partial charge in [0.1, 0.15) is 0 Å². The molecule has 0 bridgehead atoms. The largest absolute Gasteiger partial charge is 0.469 e. The van der Waals surface area contributed by atoms with E-state index >= 15 is 0 Å². The Bertz CT molecular complexity index is 215. The highest BCUT2D eigenvalue weighted by Crippen LogP contribution is 2.44. The molecule has 0 spiro atoms. The number of aliphatic hydroxyl groups excluding tert-OH is 1. The third-order valence-corrected chi connectivity index (χ3v) is 4.35. The highest BCUT2D eigenvalue weighted by atomic mass is 32.2. The minimum atomic E-state index is -0.563. The molecule has 0 aliphatic carbocycles. The second kappa shape index (κ2) is 4.53. The summed E-state index contributed by atoms with van der Waals surface area (Å²) in [6.07, 6.45) is 0.536. The topological polar surface area (TPSA) is 46.5 Å². The highest BCUT2D eigenvalue weighted by Gasteiger charge is 2.40. The maximum absolute atomic E-state index is 11.0. The molecule has 0 saturated carbocycles. The standard InChI is InChI=1S/C10H18O3S/c1-10(2)7(4-5-14-10)8(11)6-9(12)13-3/h7-8,11H,4-6H2,1-3H3. The lowest BCUT2D eigenvalue weighted by atomic mass is 9.86. The zero-order valence-electron chi connectivity index (χ0n) is 8.95. The summed E-state index contributed by atoms with van der Waals surface area (Å²) in [5.41, 5.74) is 0. The minimum absolute atomic E-state index is 0.0768. The molecule has 0 radical (unpaired) electrons. The fourth-order valence-corrected chi connectivity index (χ4v) is 3.34. The number of methoxy groups -OCH3 is 1. The summed E-state index contributed by atoms with van der Waals surface area (Å²) in [6, 6.07) is 0. The Labute approximate surface area is 89.2 Å². The number of hydrogen-bond acceptors (Lipinski definition) is 4. The zero-order valence-corrected chi connectivity index (χ0v) is 9.76. The van der Waals surface area contributed by atoms with Gasteiger partial charge in [-0.3, -0.25) is 4.79 Å². The van der Waals surface area contributed by atoms with Crippen LogP contribution in [0.15, 0.2) is 0 Å². The summed E-state index contributed by atoms with van der Waals surface area (Å²) in [6.45, 7) is 4.24. The van der Waals surface area contributed by atoms with E-state index < -0.39 is 6.10 Å². The first-order chi connectivity index (χ1) is 6.47. The van der Waals surface area contributed by atoms with E-state index in [4.69, 9.17) is 0 Å². The first kappa shape index (κ1) is 11.9. The molecule has 2 atom stereocenters. The predicted molar refractivity (Wildman–Crippen MR) is 57.3 cm³/mol. The molecule has 82 valence electrons. The van der Waals surface area contributed by atoms with Gasteiger partial charge in [0, 0.05) is 10.7 Å². The van der Waals surface area contributed by atoms with Crippen LogP contribution in [0.2, 0.25) is 0 Å². The van der Waals surface area contributed by atoms with Crippen molar-refractivity contribution in [3.63, 3.8) is 0 Å². The smallest absolute Gasteiger partial charge is 0.308 e. The molecule has 14 heavy (non-hydrogen) atoms. The van der Waals surface area contributed by atoms with Crippen LogP contribution >= 0.6 is 11.8 Å². The van der Waals surface area contributed by atoms with E-state index in [2.05, 4.69) is 18.6 Å². The Morgan fingerprint density at radius 3 is 2.79 bits per heavy atom. The molecular weight excluding hydrogens is 200 g/mol. The SMILES string of the molecule is COC(=O)CC(O)C1CCSC1(C)C. The van der Waals surface area contributed by atoms with Gasteiger partial charge in [-0.1, -0.05) is 13.8 Å². The predicted octanol–water partition coefficient (Wildman–Crippen LogP) is 1.44. The van der Waals surface area contributed by atoms with Gasteiger partial charge in [0.2, 0.25) is 0 Å². The molecule has 0 aromatic rings. The van der Waals surface area contributed by atoms with Crippen molar-refractivity contribution in [2.75, 3.05) is 12.9 Å². The molecule has 4 heteroatoms. The van der Waals surface area contributed by atoms with Crippen molar-refractivity contribution in [3.8, 4) is 0 Å². The lowest BCUT2D eigenvalue weighted by molar-refractivity contribution is -0.143. The summed E-state index contributed by atoms with van der Waals surface area (Å²) < 4.78 is 4.62. The molecule has 0 aromatic heterocycles. The van der Waals surface area contributed by atoms with Crippen LogP contribution in [0.4, 0.5) is 0 Å². The van der Waals surface area contributed by atoms with Gasteiger partial charge in [0.25, 0.3) is 0 Å². The van der Waals surface area contributed by atoms with Crippen molar-refractivity contribution in [2.24, 2.45) is 5.92 Å². The van der Waals surface area contributed by atoms with Crippen LogP contribution < -0.4 is 0 Å². The molecule has 1 aliphatic rings. The van der Waals surface area contributed by atoms with Gasteiger partial charge < -0.3 is 9.84 Å². The first-order valence-electron chi connectivity index (χ1n) is 4.86. The molecule has 1 aliphatic heterocycles. The van der Waals surface area contributed by atoms with Gasteiger partial charge in [-0.25, -0.2) is 0 Å². The monoisotopic (exact) mass is 218 g/mol. The second-order valence-corrected chi connectivity index (χ2v) is 5.94. The van der Waals surface area contributed by atoms with Gasteiger partial charge in [-0.05, 0) is 12.2 Å². The van der Waals surface area contributed by atoms with Gasteiger partial charge in [0.15, 0.2) is 0 Å².